The Morgan fingerprint density at radius 3 is 1.97 bits per heavy atom. The number of nitrogens with zero attached hydrogens (tertiary/aromatic N) is 2. The molecule has 1 unspecified atom stereocenters. The first-order chi connectivity index (χ1) is 14.3. The van der Waals surface area contributed by atoms with Crippen molar-refractivity contribution in [2.75, 3.05) is 0 Å². The van der Waals surface area contributed by atoms with Crippen LogP contribution in [0.3, 0.4) is 0 Å². The van der Waals surface area contributed by atoms with Crippen molar-refractivity contribution in [2.24, 2.45) is 4.99 Å². The van der Waals surface area contributed by atoms with Gasteiger partial charge in [0.15, 0.2) is 0 Å². The summed E-state index contributed by atoms with van der Waals surface area (Å²) in [5.41, 5.74) is 7.20. The van der Waals surface area contributed by atoms with Gasteiger partial charge in [-0.15, -0.1) is 0 Å². The minimum Gasteiger partial charge on any atom is -0.276 e. The number of hydrogen-bond acceptors (Lipinski definition) is 2. The quantitative estimate of drug-likeness (QED) is 0.386. The van der Waals surface area contributed by atoms with Crippen LogP contribution in [0.2, 0.25) is 5.02 Å². The number of aromatic nitrogens is 1. The third-order valence-electron chi connectivity index (χ3n) is 5.30. The van der Waals surface area contributed by atoms with Gasteiger partial charge in [0.1, 0.15) is 0 Å². The minimum absolute atomic E-state index is 0.0115. The van der Waals surface area contributed by atoms with E-state index in [2.05, 4.69) is 36.4 Å². The van der Waals surface area contributed by atoms with E-state index in [1.165, 1.54) is 5.56 Å². The summed E-state index contributed by atoms with van der Waals surface area (Å²) in [7, 11) is 0. The molecule has 0 amide bonds. The number of halogens is 1. The molecule has 0 aliphatic carbocycles. The van der Waals surface area contributed by atoms with Gasteiger partial charge < -0.3 is 0 Å². The summed E-state index contributed by atoms with van der Waals surface area (Å²) >= 11 is 6.96. The van der Waals surface area contributed by atoms with Gasteiger partial charge >= 0.3 is 0 Å². The highest BCUT2D eigenvalue weighted by Crippen LogP contribution is 2.41. The summed E-state index contributed by atoms with van der Waals surface area (Å²) in [5.74, 6) is 0. The second-order valence-electron chi connectivity index (χ2n) is 7.17. The summed E-state index contributed by atoms with van der Waals surface area (Å²) in [6.07, 6.45) is 2.78. The highest BCUT2D eigenvalue weighted by atomic mass is 35.5. The fraction of sp³-hybridized carbons (Fsp3) is 0.0769. The Balaban J connectivity index is 1.65. The van der Waals surface area contributed by atoms with Crippen LogP contribution in [-0.2, 0) is 6.42 Å². The lowest BCUT2D eigenvalue weighted by atomic mass is 9.95. The zero-order valence-electron chi connectivity index (χ0n) is 15.8. The highest BCUT2D eigenvalue weighted by molar-refractivity contribution is 6.38. The molecule has 4 aromatic rings. The van der Waals surface area contributed by atoms with E-state index in [-0.39, 0.29) is 6.04 Å². The van der Waals surface area contributed by atoms with Gasteiger partial charge in [-0.05, 0) is 12.0 Å². The zero-order chi connectivity index (χ0) is 19.6. The van der Waals surface area contributed by atoms with Crippen molar-refractivity contribution < 1.29 is 0 Å². The number of aliphatic imine (C=N–C) groups is 1. The van der Waals surface area contributed by atoms with Gasteiger partial charge in [0.05, 0.1) is 22.5 Å². The molecule has 2 heterocycles. The van der Waals surface area contributed by atoms with Crippen LogP contribution >= 0.6 is 11.6 Å². The lowest BCUT2D eigenvalue weighted by Crippen LogP contribution is -2.04. The van der Waals surface area contributed by atoms with Gasteiger partial charge in [-0.2, -0.15) is 0 Å². The number of fused-ring (bicyclic) bond motifs is 1. The second kappa shape index (κ2) is 7.65. The predicted molar refractivity (Wildman–Crippen MR) is 120 cm³/mol. The minimum atomic E-state index is 0.0115. The summed E-state index contributed by atoms with van der Waals surface area (Å²) in [6.45, 7) is 0. The number of benzene rings is 3. The normalized spacial score (nSPS) is 15.1. The van der Waals surface area contributed by atoms with E-state index in [9.17, 15) is 0 Å². The van der Waals surface area contributed by atoms with Gasteiger partial charge in [0.25, 0.3) is 0 Å². The monoisotopic (exact) mass is 394 g/mol. The van der Waals surface area contributed by atoms with Gasteiger partial charge in [0, 0.05) is 28.5 Å². The third-order valence-corrected chi connectivity index (χ3v) is 5.66. The van der Waals surface area contributed by atoms with Crippen molar-refractivity contribution in [1.82, 2.24) is 4.98 Å². The van der Waals surface area contributed by atoms with Gasteiger partial charge in [-0.3, -0.25) is 9.98 Å². The van der Waals surface area contributed by atoms with Crippen molar-refractivity contribution in [3.05, 3.63) is 124 Å². The van der Waals surface area contributed by atoms with Crippen LogP contribution in [-0.4, -0.2) is 10.7 Å². The number of pyridine rings is 1. The van der Waals surface area contributed by atoms with Crippen LogP contribution in [0.5, 0.6) is 0 Å². The average Bonchev–Trinajstić information content (AvgIpc) is 3.15. The van der Waals surface area contributed by atoms with Crippen LogP contribution in [0.25, 0.3) is 11.3 Å². The molecular weight excluding hydrogens is 376 g/mol. The van der Waals surface area contributed by atoms with E-state index in [0.717, 1.165) is 40.1 Å². The Labute approximate surface area is 175 Å². The standard InChI is InChI=1S/C26H19ClN2/c27-24-23-21(17-28-26(24)20-14-8-3-9-15-20)22(16-18-10-4-1-5-11-18)29-25(23)19-12-6-2-7-13-19/h1-15,17,22H,16H2. The molecule has 140 valence electrons. The van der Waals surface area contributed by atoms with Crippen molar-refractivity contribution in [1.29, 1.82) is 0 Å². The molecule has 0 spiro atoms. The molecule has 0 radical (unpaired) electrons. The first-order valence-corrected chi connectivity index (χ1v) is 10.1. The smallest absolute Gasteiger partial charge is 0.0895 e. The second-order valence-corrected chi connectivity index (χ2v) is 7.54. The summed E-state index contributed by atoms with van der Waals surface area (Å²) in [4.78, 5) is 9.84. The summed E-state index contributed by atoms with van der Waals surface area (Å²) in [5, 5.41) is 0.673. The summed E-state index contributed by atoms with van der Waals surface area (Å²) in [6, 6.07) is 30.8. The molecule has 1 aliphatic heterocycles. The Bertz CT molecular complexity index is 1170. The Hall–Kier alpha value is -3.23. The van der Waals surface area contributed by atoms with E-state index in [1.807, 2.05) is 60.8 Å². The molecule has 0 fully saturated rings. The molecule has 0 saturated carbocycles. The SMILES string of the molecule is Clc1c(-c2ccccc2)ncc2c1C(c1ccccc1)=NC2Cc1ccccc1. The lowest BCUT2D eigenvalue weighted by molar-refractivity contribution is 0.737. The molecule has 1 aromatic heterocycles. The van der Waals surface area contributed by atoms with Gasteiger partial charge in [-0.1, -0.05) is 103 Å². The van der Waals surface area contributed by atoms with Crippen LogP contribution in [0.4, 0.5) is 0 Å². The fourth-order valence-electron chi connectivity index (χ4n) is 3.89. The Morgan fingerprint density at radius 2 is 1.31 bits per heavy atom. The van der Waals surface area contributed by atoms with E-state index in [4.69, 9.17) is 21.6 Å². The molecule has 0 bridgehead atoms. The first kappa shape index (κ1) is 17.8. The van der Waals surface area contributed by atoms with Crippen LogP contribution < -0.4 is 0 Å². The lowest BCUT2D eigenvalue weighted by Gasteiger charge is -2.13. The molecule has 5 rings (SSSR count). The van der Waals surface area contributed by atoms with E-state index < -0.39 is 0 Å². The van der Waals surface area contributed by atoms with E-state index >= 15 is 0 Å². The first-order valence-electron chi connectivity index (χ1n) is 9.72. The molecule has 29 heavy (non-hydrogen) atoms. The predicted octanol–water partition coefficient (Wildman–Crippen LogP) is 6.54. The topological polar surface area (TPSA) is 25.2 Å². The van der Waals surface area contributed by atoms with Crippen LogP contribution in [0, 0.1) is 0 Å². The maximum Gasteiger partial charge on any atom is 0.0895 e. The molecule has 1 aliphatic rings. The Morgan fingerprint density at radius 1 is 0.724 bits per heavy atom. The molecule has 0 saturated heterocycles. The number of rotatable bonds is 4. The van der Waals surface area contributed by atoms with Crippen LogP contribution in [0.15, 0.2) is 102 Å². The third kappa shape index (κ3) is 3.37. The van der Waals surface area contributed by atoms with Crippen molar-refractivity contribution >= 4 is 17.3 Å². The molecule has 0 N–H and O–H groups in total. The van der Waals surface area contributed by atoms with E-state index in [1.54, 1.807) is 0 Å². The Kier molecular flexibility index (Phi) is 4.71. The molecule has 1 atom stereocenters. The number of hydrogen-bond donors (Lipinski definition) is 0. The van der Waals surface area contributed by atoms with Crippen molar-refractivity contribution in [3.63, 3.8) is 0 Å². The fourth-order valence-corrected chi connectivity index (χ4v) is 4.25. The largest absolute Gasteiger partial charge is 0.276 e. The molecular formula is C26H19ClN2. The average molecular weight is 395 g/mol. The molecule has 3 aromatic carbocycles. The van der Waals surface area contributed by atoms with E-state index in [0.29, 0.717) is 5.02 Å². The summed E-state index contributed by atoms with van der Waals surface area (Å²) < 4.78 is 0. The zero-order valence-corrected chi connectivity index (χ0v) is 16.6. The molecule has 3 heteroatoms. The van der Waals surface area contributed by atoms with Crippen molar-refractivity contribution in [2.45, 2.75) is 12.5 Å². The maximum absolute atomic E-state index is 6.96. The maximum atomic E-state index is 6.96. The van der Waals surface area contributed by atoms with Crippen LogP contribution in [0.1, 0.15) is 28.3 Å². The van der Waals surface area contributed by atoms with Gasteiger partial charge in [-0.25, -0.2) is 0 Å². The van der Waals surface area contributed by atoms with Crippen molar-refractivity contribution in [3.8, 4) is 11.3 Å². The molecule has 2 nitrogen and oxygen atoms in total. The van der Waals surface area contributed by atoms with Gasteiger partial charge in [0.2, 0.25) is 0 Å². The highest BCUT2D eigenvalue weighted by Gasteiger charge is 2.30.